The van der Waals surface area contributed by atoms with Gasteiger partial charge in [0.25, 0.3) is 5.91 Å². The van der Waals surface area contributed by atoms with Crippen LogP contribution in [0.1, 0.15) is 35.0 Å². The molecule has 4 aromatic rings. The van der Waals surface area contributed by atoms with Crippen LogP contribution in [-0.4, -0.2) is 35.6 Å². The zero-order chi connectivity index (χ0) is 25.5. The number of para-hydroxylation sites is 1. The minimum absolute atomic E-state index is 0.0589. The van der Waals surface area contributed by atoms with Gasteiger partial charge in [-0.25, -0.2) is 9.78 Å². The van der Waals surface area contributed by atoms with Crippen LogP contribution in [0.3, 0.4) is 0 Å². The van der Waals surface area contributed by atoms with Crippen LogP contribution in [0, 0.1) is 6.92 Å². The number of benzene rings is 2. The molecule has 0 bridgehead atoms. The van der Waals surface area contributed by atoms with Crippen LogP contribution in [-0.2, 0) is 0 Å². The maximum absolute atomic E-state index is 13.5. The van der Waals surface area contributed by atoms with E-state index in [1.54, 1.807) is 11.1 Å². The molecule has 2 aromatic heterocycles. The highest BCUT2D eigenvalue weighted by atomic mass is 32.1. The predicted octanol–water partition coefficient (Wildman–Crippen LogP) is 5.95. The summed E-state index contributed by atoms with van der Waals surface area (Å²) in [5.41, 5.74) is 2.84. The van der Waals surface area contributed by atoms with Crippen LogP contribution in [0.15, 0.2) is 60.8 Å². The summed E-state index contributed by atoms with van der Waals surface area (Å²) in [6.45, 7) is 4.83. The molecule has 0 saturated carbocycles. The van der Waals surface area contributed by atoms with Crippen molar-refractivity contribution in [1.82, 2.24) is 15.6 Å². The number of amides is 3. The first kappa shape index (κ1) is 23.4. The molecule has 8 nitrogen and oxygen atoms in total. The third-order valence-electron chi connectivity index (χ3n) is 6.84. The average molecular weight is 514 g/mol. The van der Waals surface area contributed by atoms with E-state index in [9.17, 15) is 9.59 Å². The molecule has 1 saturated heterocycles. The van der Waals surface area contributed by atoms with Gasteiger partial charge in [-0.1, -0.05) is 18.2 Å². The van der Waals surface area contributed by atoms with Gasteiger partial charge in [0.2, 0.25) is 0 Å². The Labute approximate surface area is 218 Å². The molecule has 0 radical (unpaired) electrons. The van der Waals surface area contributed by atoms with Crippen molar-refractivity contribution in [2.24, 2.45) is 0 Å². The number of nitrogens with one attached hydrogen (secondary N) is 3. The minimum atomic E-state index is -0.319. The molecule has 3 amide bonds. The van der Waals surface area contributed by atoms with Crippen molar-refractivity contribution >= 4 is 50.6 Å². The van der Waals surface area contributed by atoms with Crippen LogP contribution in [0.5, 0.6) is 11.5 Å². The van der Waals surface area contributed by atoms with Crippen molar-refractivity contribution in [2.45, 2.75) is 38.8 Å². The zero-order valence-electron chi connectivity index (χ0n) is 20.6. The average Bonchev–Trinajstić information content (AvgIpc) is 3.27. The molecular formula is C28H27N5O3S. The Morgan fingerprint density at radius 3 is 2.70 bits per heavy atom. The fourth-order valence-corrected chi connectivity index (χ4v) is 5.95. The van der Waals surface area contributed by atoms with Gasteiger partial charge in [-0.3, -0.25) is 9.69 Å². The summed E-state index contributed by atoms with van der Waals surface area (Å²) in [4.78, 5) is 34.0. The van der Waals surface area contributed by atoms with Crippen molar-refractivity contribution in [3.63, 3.8) is 0 Å². The quantitative estimate of drug-likeness (QED) is 0.306. The highest BCUT2D eigenvalue weighted by Crippen LogP contribution is 2.46. The lowest BCUT2D eigenvalue weighted by Crippen LogP contribution is -2.48. The summed E-state index contributed by atoms with van der Waals surface area (Å²) in [7, 11) is 0. The van der Waals surface area contributed by atoms with Crippen LogP contribution < -0.4 is 25.6 Å². The molecule has 6 rings (SSSR count). The number of thiophene rings is 1. The third kappa shape index (κ3) is 4.41. The number of piperidine rings is 1. The second kappa shape index (κ2) is 9.49. The molecule has 0 spiro atoms. The maximum Gasteiger partial charge on any atom is 0.331 e. The third-order valence-corrected chi connectivity index (χ3v) is 7.93. The Hall–Kier alpha value is -3.95. The number of carbonyl (C=O) groups excluding carboxylic acids is 2. The molecule has 2 aliphatic rings. The first-order valence-electron chi connectivity index (χ1n) is 12.4. The Kier molecular flexibility index (Phi) is 6.02. The second-order valence-electron chi connectivity index (χ2n) is 9.50. The number of ether oxygens (including phenoxy) is 1. The van der Waals surface area contributed by atoms with Crippen molar-refractivity contribution in [2.75, 3.05) is 16.8 Å². The van der Waals surface area contributed by atoms with Gasteiger partial charge in [-0.15, -0.1) is 11.3 Å². The topological polar surface area (TPSA) is 95.6 Å². The Bertz CT molecular complexity index is 1490. The number of aryl methyl sites for hydroxylation is 1. The zero-order valence-corrected chi connectivity index (χ0v) is 21.4. The first-order chi connectivity index (χ1) is 18.0. The fraction of sp³-hybridized carbons (Fsp3) is 0.250. The number of aromatic nitrogens is 1. The summed E-state index contributed by atoms with van der Waals surface area (Å²) >= 11 is 1.30. The molecule has 1 fully saturated rings. The van der Waals surface area contributed by atoms with Crippen molar-refractivity contribution in [3.05, 3.63) is 71.2 Å². The van der Waals surface area contributed by atoms with Crippen molar-refractivity contribution in [1.29, 1.82) is 0 Å². The smallest absolute Gasteiger partial charge is 0.331 e. The number of carbonyl (C=O) groups is 2. The van der Waals surface area contributed by atoms with Gasteiger partial charge in [-0.2, -0.15) is 0 Å². The number of nitrogens with zero attached hydrogens (tertiary/aromatic N) is 2. The van der Waals surface area contributed by atoms with E-state index in [4.69, 9.17) is 4.74 Å². The monoisotopic (exact) mass is 513 g/mol. The minimum Gasteiger partial charge on any atom is -0.457 e. The van der Waals surface area contributed by atoms with E-state index in [1.165, 1.54) is 11.3 Å². The van der Waals surface area contributed by atoms with Gasteiger partial charge in [0.1, 0.15) is 21.2 Å². The van der Waals surface area contributed by atoms with Gasteiger partial charge >= 0.3 is 6.03 Å². The van der Waals surface area contributed by atoms with Gasteiger partial charge in [-0.05, 0) is 68.7 Å². The normalized spacial score (nSPS) is 19.0. The van der Waals surface area contributed by atoms with Crippen molar-refractivity contribution in [3.8, 4) is 11.5 Å². The van der Waals surface area contributed by atoms with Gasteiger partial charge in [0.05, 0.1) is 22.4 Å². The van der Waals surface area contributed by atoms with Gasteiger partial charge < -0.3 is 20.7 Å². The Morgan fingerprint density at radius 1 is 1.11 bits per heavy atom. The molecular weight excluding hydrogens is 486 g/mol. The summed E-state index contributed by atoms with van der Waals surface area (Å²) in [5.74, 6) is 1.25. The number of urea groups is 1. The number of anilines is 3. The van der Waals surface area contributed by atoms with E-state index in [0.717, 1.165) is 41.8 Å². The van der Waals surface area contributed by atoms with Crippen molar-refractivity contribution < 1.29 is 14.3 Å². The molecule has 9 heteroatoms. The first-order valence-corrected chi connectivity index (χ1v) is 13.2. The largest absolute Gasteiger partial charge is 0.457 e. The maximum atomic E-state index is 13.5. The van der Waals surface area contributed by atoms with Crippen LogP contribution in [0.25, 0.3) is 10.2 Å². The molecule has 0 aliphatic carbocycles. The molecule has 37 heavy (non-hydrogen) atoms. The Balaban J connectivity index is 1.32. The number of hydrogen-bond donors (Lipinski definition) is 3. The molecule has 1 unspecified atom stereocenters. The predicted molar refractivity (Wildman–Crippen MR) is 146 cm³/mol. The lowest BCUT2D eigenvalue weighted by Gasteiger charge is -2.30. The molecule has 188 valence electrons. The van der Waals surface area contributed by atoms with E-state index in [1.807, 2.05) is 61.5 Å². The lowest BCUT2D eigenvalue weighted by molar-refractivity contribution is 0.0932. The number of pyridine rings is 1. The molecule has 3 N–H and O–H groups in total. The summed E-state index contributed by atoms with van der Waals surface area (Å²) < 4.78 is 5.96. The van der Waals surface area contributed by atoms with E-state index in [2.05, 4.69) is 27.9 Å². The number of hydrogen-bond acceptors (Lipinski definition) is 6. The lowest BCUT2D eigenvalue weighted by atomic mass is 10.0. The standard InChI is InChI=1S/C28H27N5O3S/c1-16-14-20(36-19-6-4-3-5-7-19)10-11-21(16)33-22-12-13-29-27-23(22)24(32-28(33)35)25(37-27)26(34)31-18-9-8-17(2)30-15-18/h3-7,10-14,17-18,30H,8-9,15H2,1-2H3,(H,31,34)(H,32,35)/t17-,18?/m1/s1. The van der Waals surface area contributed by atoms with E-state index >= 15 is 0 Å². The van der Waals surface area contributed by atoms with Crippen LogP contribution in [0.2, 0.25) is 0 Å². The van der Waals surface area contributed by atoms with Crippen LogP contribution >= 0.6 is 11.3 Å². The fourth-order valence-electron chi connectivity index (χ4n) is 4.92. The molecule has 2 atom stereocenters. The summed E-state index contributed by atoms with van der Waals surface area (Å²) in [6, 6.07) is 17.2. The van der Waals surface area contributed by atoms with Gasteiger partial charge in [0, 0.05) is 24.8 Å². The van der Waals surface area contributed by atoms with E-state index < -0.39 is 0 Å². The molecule has 2 aromatic carbocycles. The highest BCUT2D eigenvalue weighted by Gasteiger charge is 2.34. The molecule has 4 heterocycles. The van der Waals surface area contributed by atoms with Crippen LogP contribution in [0.4, 0.5) is 21.9 Å². The van der Waals surface area contributed by atoms with E-state index in [-0.39, 0.29) is 18.0 Å². The van der Waals surface area contributed by atoms with E-state index in [0.29, 0.717) is 32.9 Å². The SMILES string of the molecule is Cc1cc(Oc2ccccc2)ccc1N1C(=O)Nc2c(C(=O)NC3CC[C@@H](C)NC3)sc3nccc1c23. The molecule has 2 aliphatic heterocycles. The second-order valence-corrected chi connectivity index (χ2v) is 10.5. The highest BCUT2D eigenvalue weighted by molar-refractivity contribution is 7.21. The summed E-state index contributed by atoms with van der Waals surface area (Å²) in [5, 5.41) is 10.3. The Morgan fingerprint density at radius 2 is 1.95 bits per heavy atom. The van der Waals surface area contributed by atoms with Gasteiger partial charge in [0.15, 0.2) is 0 Å². The number of rotatable bonds is 5. The summed E-state index contributed by atoms with van der Waals surface area (Å²) in [6.07, 6.45) is 3.61.